The second-order valence-corrected chi connectivity index (χ2v) is 3.54. The number of aromatic hydroxyl groups is 1. The van der Waals surface area contributed by atoms with Gasteiger partial charge in [0.1, 0.15) is 11.3 Å². The number of aromatic carboxylic acids is 1. The third kappa shape index (κ3) is 2.00. The number of carbonyl (C=O) groups is 1. The molecule has 1 heterocycles. The molecule has 0 spiro atoms. The summed E-state index contributed by atoms with van der Waals surface area (Å²) in [6.45, 7) is 2.22. The van der Waals surface area contributed by atoms with Crippen LogP contribution in [0.15, 0.2) is 24.4 Å². The second kappa shape index (κ2) is 4.79. The lowest BCUT2D eigenvalue weighted by Crippen LogP contribution is -2.01. The Morgan fingerprint density at radius 2 is 2.22 bits per heavy atom. The average Bonchev–Trinajstić information content (AvgIpc) is 2.76. The molecule has 3 N–H and O–H groups in total. The minimum Gasteiger partial charge on any atom is -0.507 e. The molecule has 0 amide bonds. The van der Waals surface area contributed by atoms with E-state index in [2.05, 4.69) is 10.2 Å². The highest BCUT2D eigenvalue weighted by Crippen LogP contribution is 2.34. The summed E-state index contributed by atoms with van der Waals surface area (Å²) >= 11 is 0. The number of carboxylic acids is 1. The number of hydrogen-bond donors (Lipinski definition) is 3. The summed E-state index contributed by atoms with van der Waals surface area (Å²) in [6, 6.07) is 4.49. The van der Waals surface area contributed by atoms with E-state index in [0.717, 1.165) is 0 Å². The first-order valence-corrected chi connectivity index (χ1v) is 5.37. The molecule has 1 aromatic carbocycles. The van der Waals surface area contributed by atoms with Crippen molar-refractivity contribution in [2.45, 2.75) is 6.92 Å². The van der Waals surface area contributed by atoms with E-state index < -0.39 is 5.97 Å². The monoisotopic (exact) mass is 248 g/mol. The van der Waals surface area contributed by atoms with Gasteiger partial charge in [0, 0.05) is 11.8 Å². The third-order valence-corrected chi connectivity index (χ3v) is 2.43. The average molecular weight is 248 g/mol. The highest BCUT2D eigenvalue weighted by atomic mass is 16.5. The Labute approximate surface area is 103 Å². The van der Waals surface area contributed by atoms with Crippen LogP contribution in [0.1, 0.15) is 17.3 Å². The Kier molecular flexibility index (Phi) is 3.18. The molecule has 0 atom stereocenters. The molecule has 0 saturated heterocycles. The smallest absolute Gasteiger partial charge is 0.340 e. The van der Waals surface area contributed by atoms with Gasteiger partial charge in [-0.2, -0.15) is 0 Å². The van der Waals surface area contributed by atoms with Crippen molar-refractivity contribution in [1.82, 2.24) is 10.2 Å². The highest BCUT2D eigenvalue weighted by Gasteiger charge is 2.20. The molecule has 0 saturated carbocycles. The van der Waals surface area contributed by atoms with E-state index in [1.807, 2.05) is 0 Å². The van der Waals surface area contributed by atoms with E-state index in [1.54, 1.807) is 19.1 Å². The zero-order valence-electron chi connectivity index (χ0n) is 9.67. The van der Waals surface area contributed by atoms with Gasteiger partial charge in [0.05, 0.1) is 12.2 Å². The summed E-state index contributed by atoms with van der Waals surface area (Å²) < 4.78 is 5.29. The van der Waals surface area contributed by atoms with Crippen LogP contribution < -0.4 is 4.74 Å². The van der Waals surface area contributed by atoms with Gasteiger partial charge < -0.3 is 14.9 Å². The van der Waals surface area contributed by atoms with Crippen molar-refractivity contribution in [2.75, 3.05) is 6.61 Å². The van der Waals surface area contributed by atoms with Crippen molar-refractivity contribution in [3.63, 3.8) is 0 Å². The third-order valence-electron chi connectivity index (χ3n) is 2.43. The molecule has 0 aliphatic rings. The van der Waals surface area contributed by atoms with Crippen LogP contribution in [0, 0.1) is 0 Å². The lowest BCUT2D eigenvalue weighted by molar-refractivity contribution is 0.0694. The molecule has 0 bridgehead atoms. The maximum absolute atomic E-state index is 11.2. The molecule has 0 aliphatic carbocycles. The van der Waals surface area contributed by atoms with Gasteiger partial charge in [-0.3, -0.25) is 5.10 Å². The summed E-state index contributed by atoms with van der Waals surface area (Å²) in [4.78, 5) is 11.2. The summed E-state index contributed by atoms with van der Waals surface area (Å²) in [7, 11) is 0. The molecule has 1 aromatic heterocycles. The topological polar surface area (TPSA) is 95.4 Å². The largest absolute Gasteiger partial charge is 0.507 e. The fourth-order valence-corrected chi connectivity index (χ4v) is 1.71. The maximum atomic E-state index is 11.2. The van der Waals surface area contributed by atoms with Gasteiger partial charge in [0.25, 0.3) is 0 Å². The number of rotatable bonds is 4. The van der Waals surface area contributed by atoms with Crippen LogP contribution in [0.5, 0.6) is 11.6 Å². The van der Waals surface area contributed by atoms with Crippen LogP contribution >= 0.6 is 0 Å². The maximum Gasteiger partial charge on any atom is 0.340 e. The van der Waals surface area contributed by atoms with Gasteiger partial charge in [-0.25, -0.2) is 4.79 Å². The molecule has 0 radical (unpaired) electrons. The Morgan fingerprint density at radius 1 is 1.44 bits per heavy atom. The van der Waals surface area contributed by atoms with Gasteiger partial charge in [-0.05, 0) is 13.0 Å². The molecular weight excluding hydrogens is 236 g/mol. The zero-order valence-corrected chi connectivity index (χ0v) is 9.67. The van der Waals surface area contributed by atoms with E-state index in [0.29, 0.717) is 23.6 Å². The normalized spacial score (nSPS) is 10.3. The Hall–Kier alpha value is -2.50. The number of benzene rings is 1. The molecule has 2 rings (SSSR count). The number of nitrogens with one attached hydrogen (secondary N) is 1. The SMILES string of the molecule is CCOc1n[nH]cc1-c1cccc(O)c1C(=O)O. The molecule has 6 heteroatoms. The fraction of sp³-hybridized carbons (Fsp3) is 0.167. The molecule has 6 nitrogen and oxygen atoms in total. The van der Waals surface area contributed by atoms with Gasteiger partial charge in [0.2, 0.25) is 5.88 Å². The van der Waals surface area contributed by atoms with Gasteiger partial charge in [0.15, 0.2) is 0 Å². The zero-order chi connectivity index (χ0) is 13.1. The van der Waals surface area contributed by atoms with E-state index in [-0.39, 0.29) is 11.3 Å². The van der Waals surface area contributed by atoms with Crippen LogP contribution in [0.4, 0.5) is 0 Å². The molecule has 94 valence electrons. The number of aromatic amines is 1. The van der Waals surface area contributed by atoms with Gasteiger partial charge in [-0.15, -0.1) is 5.10 Å². The van der Waals surface area contributed by atoms with Crippen molar-refractivity contribution in [2.24, 2.45) is 0 Å². The molecular formula is C12H12N2O4. The van der Waals surface area contributed by atoms with Crippen LogP contribution in [0.2, 0.25) is 0 Å². The first-order chi connectivity index (χ1) is 8.65. The predicted molar refractivity (Wildman–Crippen MR) is 63.8 cm³/mol. The Morgan fingerprint density at radius 3 is 2.89 bits per heavy atom. The van der Waals surface area contributed by atoms with E-state index in [1.165, 1.54) is 12.3 Å². The summed E-state index contributed by atoms with van der Waals surface area (Å²) in [5.41, 5.74) is 0.699. The van der Waals surface area contributed by atoms with Gasteiger partial charge >= 0.3 is 5.97 Å². The molecule has 18 heavy (non-hydrogen) atoms. The highest BCUT2D eigenvalue weighted by molar-refractivity contribution is 5.99. The first-order valence-electron chi connectivity index (χ1n) is 5.37. The molecule has 2 aromatic rings. The van der Waals surface area contributed by atoms with Crippen LogP contribution in [0.3, 0.4) is 0 Å². The first kappa shape index (κ1) is 12.0. The van der Waals surface area contributed by atoms with Gasteiger partial charge in [-0.1, -0.05) is 12.1 Å². The summed E-state index contributed by atoms with van der Waals surface area (Å²) in [5.74, 6) is -1.18. The van der Waals surface area contributed by atoms with Crippen LogP contribution in [0.25, 0.3) is 11.1 Å². The number of hydrogen-bond acceptors (Lipinski definition) is 4. The molecule has 0 aliphatic heterocycles. The van der Waals surface area contributed by atoms with Crippen molar-refractivity contribution in [3.05, 3.63) is 30.0 Å². The lowest BCUT2D eigenvalue weighted by Gasteiger charge is -2.08. The van der Waals surface area contributed by atoms with Crippen molar-refractivity contribution >= 4 is 5.97 Å². The summed E-state index contributed by atoms with van der Waals surface area (Å²) in [5, 5.41) is 25.3. The van der Waals surface area contributed by atoms with Crippen molar-refractivity contribution < 1.29 is 19.7 Å². The number of carboxylic acid groups (broad SMARTS) is 1. The van der Waals surface area contributed by atoms with Crippen molar-refractivity contribution in [1.29, 1.82) is 0 Å². The Balaban J connectivity index is 2.60. The number of H-pyrrole nitrogens is 1. The number of aromatic nitrogens is 2. The van der Waals surface area contributed by atoms with Crippen LogP contribution in [-0.4, -0.2) is 33.0 Å². The minimum absolute atomic E-state index is 0.167. The van der Waals surface area contributed by atoms with Crippen molar-refractivity contribution in [3.8, 4) is 22.8 Å². The molecule has 0 unspecified atom stereocenters. The lowest BCUT2D eigenvalue weighted by atomic mass is 10.0. The fourth-order valence-electron chi connectivity index (χ4n) is 1.71. The number of ether oxygens (including phenoxy) is 1. The molecule has 0 fully saturated rings. The quantitative estimate of drug-likeness (QED) is 0.767. The predicted octanol–water partition coefficient (Wildman–Crippen LogP) is 1.88. The van der Waals surface area contributed by atoms with E-state index in [9.17, 15) is 9.90 Å². The number of phenols is 1. The summed E-state index contributed by atoms with van der Waals surface area (Å²) in [6.07, 6.45) is 1.53. The second-order valence-electron chi connectivity index (χ2n) is 3.54. The van der Waals surface area contributed by atoms with E-state index >= 15 is 0 Å². The number of nitrogens with zero attached hydrogens (tertiary/aromatic N) is 1. The van der Waals surface area contributed by atoms with Crippen LogP contribution in [-0.2, 0) is 0 Å². The Bertz CT molecular complexity index is 577. The standard InChI is InChI=1S/C12H12N2O4/c1-2-18-11-8(6-13-14-11)7-4-3-5-9(15)10(7)12(16)17/h3-6,15H,2H2,1H3,(H,13,14)(H,16,17). The van der Waals surface area contributed by atoms with E-state index in [4.69, 9.17) is 9.84 Å². The minimum atomic E-state index is -1.20.